The molecule has 2 atom stereocenters. The largest absolute Gasteiger partial charge is 0.388 e. The Morgan fingerprint density at radius 1 is 1.14 bits per heavy atom. The van der Waals surface area contributed by atoms with E-state index in [0.717, 1.165) is 17.0 Å². The number of benzene rings is 1. The first kappa shape index (κ1) is 12.2. The highest BCUT2D eigenvalue weighted by molar-refractivity contribution is 5.65. The van der Waals surface area contributed by atoms with Crippen molar-refractivity contribution < 1.29 is 5.11 Å². The van der Waals surface area contributed by atoms with Gasteiger partial charge in [0.2, 0.25) is 0 Å². The quantitative estimate of drug-likeness (QED) is 0.799. The van der Waals surface area contributed by atoms with Gasteiger partial charge in [0.25, 0.3) is 0 Å². The van der Waals surface area contributed by atoms with Crippen molar-refractivity contribution in [1.29, 1.82) is 0 Å². The first-order valence-corrected chi connectivity index (χ1v) is 6.91. The second-order valence-electron chi connectivity index (χ2n) is 5.20. The number of fused-ring (bicyclic) bond motifs is 3. The zero-order valence-electron chi connectivity index (χ0n) is 11.3. The highest BCUT2D eigenvalue weighted by Gasteiger charge is 2.31. The molecule has 3 heterocycles. The van der Waals surface area contributed by atoms with Crippen LogP contribution in [0.5, 0.6) is 0 Å². The van der Waals surface area contributed by atoms with E-state index in [9.17, 15) is 5.11 Å². The maximum absolute atomic E-state index is 10.5. The van der Waals surface area contributed by atoms with Crippen molar-refractivity contribution in [3.63, 3.8) is 0 Å². The van der Waals surface area contributed by atoms with Crippen molar-refractivity contribution in [1.82, 2.24) is 19.7 Å². The van der Waals surface area contributed by atoms with Gasteiger partial charge in [0.15, 0.2) is 5.82 Å². The lowest BCUT2D eigenvalue weighted by Crippen LogP contribution is -2.10. The Bertz CT molecular complexity index is 769. The minimum absolute atomic E-state index is 0.0642. The zero-order chi connectivity index (χ0) is 14.2. The molecule has 2 aromatic heterocycles. The molecule has 1 N–H and O–H groups in total. The summed E-state index contributed by atoms with van der Waals surface area (Å²) in [4.78, 5) is 3.99. The molecule has 0 spiro atoms. The van der Waals surface area contributed by atoms with Crippen LogP contribution in [0.25, 0.3) is 11.4 Å². The van der Waals surface area contributed by atoms with Gasteiger partial charge in [0.05, 0.1) is 12.1 Å². The summed E-state index contributed by atoms with van der Waals surface area (Å²) in [6, 6.07) is 11.9. The second kappa shape index (κ2) is 4.79. The van der Waals surface area contributed by atoms with Gasteiger partial charge < -0.3 is 9.67 Å². The van der Waals surface area contributed by atoms with E-state index >= 15 is 0 Å². The number of pyridine rings is 1. The molecule has 0 saturated heterocycles. The summed E-state index contributed by atoms with van der Waals surface area (Å²) in [6.07, 6.45) is 5.18. The third-order valence-corrected chi connectivity index (χ3v) is 4.01. The topological polar surface area (TPSA) is 63.8 Å². The van der Waals surface area contributed by atoms with Gasteiger partial charge in [-0.25, -0.2) is 0 Å². The number of hydrogen-bond acceptors (Lipinski definition) is 4. The summed E-state index contributed by atoms with van der Waals surface area (Å²) in [7, 11) is 0. The molecule has 0 fully saturated rings. The molecule has 5 heteroatoms. The van der Waals surface area contributed by atoms with Gasteiger partial charge in [-0.15, -0.1) is 10.2 Å². The Balaban J connectivity index is 1.70. The van der Waals surface area contributed by atoms with Crippen molar-refractivity contribution in [2.24, 2.45) is 0 Å². The van der Waals surface area contributed by atoms with E-state index in [1.165, 1.54) is 5.56 Å². The smallest absolute Gasteiger partial charge is 0.164 e. The lowest BCUT2D eigenvalue weighted by atomic mass is 9.96. The third kappa shape index (κ3) is 1.94. The summed E-state index contributed by atoms with van der Waals surface area (Å²) >= 11 is 0. The third-order valence-electron chi connectivity index (χ3n) is 4.01. The Morgan fingerprint density at radius 2 is 1.95 bits per heavy atom. The molecule has 3 aromatic rings. The van der Waals surface area contributed by atoms with Crippen molar-refractivity contribution in [2.75, 3.05) is 0 Å². The molecule has 0 bridgehead atoms. The van der Waals surface area contributed by atoms with Gasteiger partial charge in [0, 0.05) is 24.4 Å². The highest BCUT2D eigenvalue weighted by Crippen LogP contribution is 2.41. The fraction of sp³-hybridized carbons (Fsp3) is 0.188. The molecule has 21 heavy (non-hydrogen) atoms. The second-order valence-corrected chi connectivity index (χ2v) is 5.20. The Labute approximate surface area is 121 Å². The fourth-order valence-corrected chi connectivity index (χ4v) is 2.98. The molecule has 1 aliphatic rings. The van der Waals surface area contributed by atoms with Gasteiger partial charge in [-0.1, -0.05) is 24.3 Å². The van der Waals surface area contributed by atoms with Crippen molar-refractivity contribution in [3.05, 3.63) is 66.2 Å². The molecule has 1 aliphatic heterocycles. The van der Waals surface area contributed by atoms with Crippen LogP contribution in [0.3, 0.4) is 0 Å². The SMILES string of the molecule is OC(CC1c2ccccc2-c2nncn21)c1ccncc1. The van der Waals surface area contributed by atoms with Crippen LogP contribution in [0.15, 0.2) is 55.1 Å². The highest BCUT2D eigenvalue weighted by atomic mass is 16.3. The molecule has 0 amide bonds. The van der Waals surface area contributed by atoms with Crippen molar-refractivity contribution in [3.8, 4) is 11.4 Å². The minimum atomic E-state index is -0.542. The van der Waals surface area contributed by atoms with E-state index in [4.69, 9.17) is 0 Å². The average Bonchev–Trinajstić information content (AvgIpc) is 3.11. The van der Waals surface area contributed by atoms with Crippen LogP contribution in [-0.4, -0.2) is 24.9 Å². The maximum atomic E-state index is 10.5. The first-order valence-electron chi connectivity index (χ1n) is 6.91. The lowest BCUT2D eigenvalue weighted by molar-refractivity contribution is 0.153. The summed E-state index contributed by atoms with van der Waals surface area (Å²) in [6.45, 7) is 0. The van der Waals surface area contributed by atoms with E-state index < -0.39 is 6.10 Å². The predicted octanol–water partition coefficient (Wildman–Crippen LogP) is 2.37. The maximum Gasteiger partial charge on any atom is 0.164 e. The molecule has 0 radical (unpaired) electrons. The van der Waals surface area contributed by atoms with Crippen LogP contribution in [0.1, 0.15) is 29.7 Å². The van der Waals surface area contributed by atoms with E-state index in [2.05, 4.69) is 27.3 Å². The van der Waals surface area contributed by atoms with Gasteiger partial charge in [0.1, 0.15) is 6.33 Å². The number of aliphatic hydroxyl groups excluding tert-OH is 1. The summed E-state index contributed by atoms with van der Waals surface area (Å²) in [5.41, 5.74) is 3.17. The number of aromatic nitrogens is 4. The molecule has 104 valence electrons. The van der Waals surface area contributed by atoms with Gasteiger partial charge >= 0.3 is 0 Å². The van der Waals surface area contributed by atoms with E-state index in [-0.39, 0.29) is 6.04 Å². The molecule has 5 nitrogen and oxygen atoms in total. The Kier molecular flexibility index (Phi) is 2.79. The van der Waals surface area contributed by atoms with Gasteiger partial charge in [-0.3, -0.25) is 4.98 Å². The van der Waals surface area contributed by atoms with Crippen LogP contribution in [0.4, 0.5) is 0 Å². The van der Waals surface area contributed by atoms with Crippen molar-refractivity contribution in [2.45, 2.75) is 18.6 Å². The fourth-order valence-electron chi connectivity index (χ4n) is 2.98. The molecular formula is C16H14N4O. The van der Waals surface area contributed by atoms with Gasteiger partial charge in [-0.2, -0.15) is 0 Å². The molecule has 0 saturated carbocycles. The van der Waals surface area contributed by atoms with E-state index in [0.29, 0.717) is 6.42 Å². The number of hydrogen-bond donors (Lipinski definition) is 1. The summed E-state index contributed by atoms with van der Waals surface area (Å²) < 4.78 is 2.04. The standard InChI is InChI=1S/C16H14N4O/c21-15(11-5-7-17-8-6-11)9-14-12-3-1-2-4-13(12)16-19-18-10-20(14)16/h1-8,10,14-15,21H,9H2. The number of rotatable bonds is 3. The Morgan fingerprint density at radius 3 is 2.81 bits per heavy atom. The first-order chi connectivity index (χ1) is 10.3. The van der Waals surface area contributed by atoms with E-state index in [1.807, 2.05) is 28.8 Å². The van der Waals surface area contributed by atoms with Crippen molar-refractivity contribution >= 4 is 0 Å². The minimum Gasteiger partial charge on any atom is -0.388 e. The lowest BCUT2D eigenvalue weighted by Gasteiger charge is -2.18. The number of nitrogens with zero attached hydrogens (tertiary/aromatic N) is 4. The summed E-state index contributed by atoms with van der Waals surface area (Å²) in [5, 5.41) is 18.7. The van der Waals surface area contributed by atoms with Crippen LogP contribution < -0.4 is 0 Å². The van der Waals surface area contributed by atoms with Crippen LogP contribution in [0.2, 0.25) is 0 Å². The van der Waals surface area contributed by atoms with E-state index in [1.54, 1.807) is 18.7 Å². The zero-order valence-corrected chi connectivity index (χ0v) is 11.3. The summed E-state index contributed by atoms with van der Waals surface area (Å²) in [5.74, 6) is 0.873. The molecule has 1 aromatic carbocycles. The molecule has 2 unspecified atom stereocenters. The van der Waals surface area contributed by atoms with Crippen LogP contribution >= 0.6 is 0 Å². The molecule has 0 aliphatic carbocycles. The normalized spacial score (nSPS) is 17.3. The average molecular weight is 278 g/mol. The Hall–Kier alpha value is -2.53. The monoisotopic (exact) mass is 278 g/mol. The predicted molar refractivity (Wildman–Crippen MR) is 77.4 cm³/mol. The van der Waals surface area contributed by atoms with Crippen LogP contribution in [-0.2, 0) is 0 Å². The molecular weight excluding hydrogens is 264 g/mol. The molecule has 4 rings (SSSR count). The van der Waals surface area contributed by atoms with Crippen LogP contribution in [0, 0.1) is 0 Å². The van der Waals surface area contributed by atoms with Gasteiger partial charge in [-0.05, 0) is 23.3 Å². The number of aliphatic hydroxyl groups is 1.